The molecule has 1 fully saturated rings. The summed E-state index contributed by atoms with van der Waals surface area (Å²) in [4.78, 5) is 11.8. The summed E-state index contributed by atoms with van der Waals surface area (Å²) in [5, 5.41) is 6.78. The number of rotatable bonds is 5. The van der Waals surface area contributed by atoms with Crippen molar-refractivity contribution in [3.05, 3.63) is 53.3 Å². The second-order valence-electron chi connectivity index (χ2n) is 6.26. The number of urea groups is 1. The minimum atomic E-state index is -0.365. The van der Waals surface area contributed by atoms with E-state index < -0.39 is 0 Å². The topological polar surface area (TPSA) is 67.7 Å². The maximum absolute atomic E-state index is 11.8. The predicted molar refractivity (Wildman–Crippen MR) is 99.1 cm³/mol. The van der Waals surface area contributed by atoms with Crippen molar-refractivity contribution in [2.75, 3.05) is 11.9 Å². The van der Waals surface area contributed by atoms with Crippen molar-refractivity contribution in [2.24, 2.45) is 5.10 Å². The Hall–Kier alpha value is -2.60. The van der Waals surface area contributed by atoms with Gasteiger partial charge >= 0.3 is 6.03 Å². The Bertz CT molecular complexity index is 746. The van der Waals surface area contributed by atoms with Crippen LogP contribution in [0.4, 0.5) is 10.5 Å². The molecule has 0 radical (unpaired) electrons. The summed E-state index contributed by atoms with van der Waals surface area (Å²) < 4.78 is 7.98. The van der Waals surface area contributed by atoms with Gasteiger partial charge in [0, 0.05) is 35.8 Å². The summed E-state index contributed by atoms with van der Waals surface area (Å²) in [7, 11) is 0. The molecule has 2 N–H and O–H groups in total. The first-order valence-corrected chi connectivity index (χ1v) is 8.57. The summed E-state index contributed by atoms with van der Waals surface area (Å²) in [6.45, 7) is 5.87. The van der Waals surface area contributed by atoms with Gasteiger partial charge in [-0.05, 0) is 44.9 Å². The van der Waals surface area contributed by atoms with Crippen LogP contribution in [0.25, 0.3) is 0 Å². The predicted octanol–water partition coefficient (Wildman–Crippen LogP) is 3.44. The zero-order valence-corrected chi connectivity index (χ0v) is 14.7. The van der Waals surface area contributed by atoms with Crippen LogP contribution in [0.3, 0.4) is 0 Å². The summed E-state index contributed by atoms with van der Waals surface area (Å²) in [6, 6.07) is 11.0. The number of nitrogens with one attached hydrogen (secondary N) is 2. The third-order valence-electron chi connectivity index (χ3n) is 4.42. The normalized spacial score (nSPS) is 17.1. The van der Waals surface area contributed by atoms with Gasteiger partial charge in [0.2, 0.25) is 0 Å². The first-order valence-electron chi connectivity index (χ1n) is 8.57. The number of anilines is 1. The van der Waals surface area contributed by atoms with Gasteiger partial charge < -0.3 is 14.6 Å². The first kappa shape index (κ1) is 17.2. The van der Waals surface area contributed by atoms with E-state index in [9.17, 15) is 4.79 Å². The molecule has 0 bridgehead atoms. The molecule has 1 aliphatic rings. The molecule has 2 heterocycles. The first-order chi connectivity index (χ1) is 12.1. The van der Waals surface area contributed by atoms with E-state index in [0.717, 1.165) is 42.9 Å². The van der Waals surface area contributed by atoms with Crippen molar-refractivity contribution >= 4 is 17.9 Å². The number of carbonyl (C=O) groups excluding carboxylic acids is 1. The van der Waals surface area contributed by atoms with Gasteiger partial charge in [-0.25, -0.2) is 10.2 Å². The second kappa shape index (κ2) is 7.98. The van der Waals surface area contributed by atoms with Gasteiger partial charge in [0.1, 0.15) is 0 Å². The molecule has 6 nitrogen and oxygen atoms in total. The van der Waals surface area contributed by atoms with Crippen molar-refractivity contribution in [3.8, 4) is 0 Å². The lowest BCUT2D eigenvalue weighted by molar-refractivity contribution is 0.0962. The molecule has 3 rings (SSSR count). The lowest BCUT2D eigenvalue weighted by Crippen LogP contribution is -2.24. The highest BCUT2D eigenvalue weighted by Crippen LogP contribution is 2.19. The van der Waals surface area contributed by atoms with Gasteiger partial charge in [-0.3, -0.25) is 0 Å². The fourth-order valence-electron chi connectivity index (χ4n) is 3.07. The van der Waals surface area contributed by atoms with E-state index in [2.05, 4.69) is 40.3 Å². The van der Waals surface area contributed by atoms with Crippen molar-refractivity contribution in [2.45, 2.75) is 39.3 Å². The van der Waals surface area contributed by atoms with Crippen LogP contribution in [0, 0.1) is 13.8 Å². The highest BCUT2D eigenvalue weighted by Gasteiger charge is 2.18. The fraction of sp³-hybridized carbons (Fsp3) is 0.368. The molecule has 1 aliphatic heterocycles. The number of nitrogens with zero attached hydrogens (tertiary/aromatic N) is 2. The lowest BCUT2D eigenvalue weighted by Gasteiger charge is -2.14. The van der Waals surface area contributed by atoms with Gasteiger partial charge in [0.25, 0.3) is 0 Å². The average molecular weight is 340 g/mol. The average Bonchev–Trinajstić information content (AvgIpc) is 3.20. The highest BCUT2D eigenvalue weighted by molar-refractivity contribution is 5.90. The quantitative estimate of drug-likeness (QED) is 0.647. The van der Waals surface area contributed by atoms with Crippen LogP contribution in [0.15, 0.2) is 41.5 Å². The summed E-state index contributed by atoms with van der Waals surface area (Å²) >= 11 is 0. The van der Waals surface area contributed by atoms with E-state index in [0.29, 0.717) is 6.10 Å². The smallest absolute Gasteiger partial charge is 0.339 e. The molecule has 0 saturated carbocycles. The Morgan fingerprint density at radius 1 is 1.36 bits per heavy atom. The number of para-hydroxylation sites is 1. The highest BCUT2D eigenvalue weighted by atomic mass is 16.5. The molecule has 132 valence electrons. The molecular formula is C19H24N4O2. The van der Waals surface area contributed by atoms with Crippen LogP contribution in [0.2, 0.25) is 0 Å². The van der Waals surface area contributed by atoms with E-state index in [4.69, 9.17) is 4.74 Å². The van der Waals surface area contributed by atoms with E-state index in [1.165, 1.54) is 5.69 Å². The minimum Gasteiger partial charge on any atom is -0.376 e. The molecule has 25 heavy (non-hydrogen) atoms. The molecule has 0 aliphatic carbocycles. The number of amides is 2. The monoisotopic (exact) mass is 340 g/mol. The number of aromatic nitrogens is 1. The van der Waals surface area contributed by atoms with Crippen molar-refractivity contribution in [1.82, 2.24) is 9.99 Å². The molecule has 1 saturated heterocycles. The van der Waals surface area contributed by atoms with Gasteiger partial charge in [-0.2, -0.15) is 5.10 Å². The molecule has 1 aromatic carbocycles. The number of carbonyl (C=O) groups is 1. The second-order valence-corrected chi connectivity index (χ2v) is 6.26. The van der Waals surface area contributed by atoms with Crippen LogP contribution in [0.5, 0.6) is 0 Å². The molecule has 6 heteroatoms. The molecule has 0 unspecified atom stereocenters. The van der Waals surface area contributed by atoms with Crippen molar-refractivity contribution in [3.63, 3.8) is 0 Å². The SMILES string of the molecule is Cc1cc(/C=N\NC(=O)Nc2ccccc2)c(C)n1C[C@H]1CCCO1. The van der Waals surface area contributed by atoms with Crippen LogP contribution in [-0.4, -0.2) is 29.5 Å². The number of ether oxygens (including phenoxy) is 1. The number of hydrogen-bond donors (Lipinski definition) is 2. The van der Waals surface area contributed by atoms with Crippen LogP contribution < -0.4 is 10.7 Å². The molecule has 2 amide bonds. The lowest BCUT2D eigenvalue weighted by atomic mass is 10.2. The van der Waals surface area contributed by atoms with E-state index in [1.807, 2.05) is 30.3 Å². The minimum absolute atomic E-state index is 0.296. The number of hydrogen-bond acceptors (Lipinski definition) is 3. The van der Waals surface area contributed by atoms with Gasteiger partial charge in [0.15, 0.2) is 0 Å². The molecular weight excluding hydrogens is 316 g/mol. The van der Waals surface area contributed by atoms with Crippen molar-refractivity contribution < 1.29 is 9.53 Å². The maximum Gasteiger partial charge on any atom is 0.339 e. The van der Waals surface area contributed by atoms with Gasteiger partial charge in [-0.15, -0.1) is 0 Å². The summed E-state index contributed by atoms with van der Waals surface area (Å²) in [6.07, 6.45) is 4.23. The fourth-order valence-corrected chi connectivity index (χ4v) is 3.07. The molecule has 0 spiro atoms. The number of benzene rings is 1. The number of hydrazone groups is 1. The summed E-state index contributed by atoms with van der Waals surface area (Å²) in [5.74, 6) is 0. The van der Waals surface area contributed by atoms with Crippen LogP contribution >= 0.6 is 0 Å². The third kappa shape index (κ3) is 4.48. The van der Waals surface area contributed by atoms with E-state index >= 15 is 0 Å². The number of aryl methyl sites for hydroxylation is 1. The Morgan fingerprint density at radius 2 is 2.16 bits per heavy atom. The Balaban J connectivity index is 1.58. The summed E-state index contributed by atoms with van der Waals surface area (Å²) in [5.41, 5.74) is 6.51. The largest absolute Gasteiger partial charge is 0.376 e. The molecule has 1 atom stereocenters. The van der Waals surface area contributed by atoms with E-state index in [-0.39, 0.29) is 6.03 Å². The van der Waals surface area contributed by atoms with E-state index in [1.54, 1.807) is 6.21 Å². The van der Waals surface area contributed by atoms with Crippen molar-refractivity contribution in [1.29, 1.82) is 0 Å². The Labute approximate surface area is 147 Å². The third-order valence-corrected chi connectivity index (χ3v) is 4.42. The standard InChI is InChI=1S/C19H24N4O2/c1-14-11-16(15(2)23(14)13-18-9-6-10-25-18)12-20-22-19(24)21-17-7-4-3-5-8-17/h3-5,7-8,11-12,18H,6,9-10,13H2,1-2H3,(H2,21,22,24)/b20-12-/t18-/m1/s1. The molecule has 2 aromatic rings. The molecule has 1 aromatic heterocycles. The van der Waals surface area contributed by atoms with Gasteiger partial charge in [0.05, 0.1) is 12.3 Å². The zero-order valence-electron chi connectivity index (χ0n) is 14.7. The van der Waals surface area contributed by atoms with Gasteiger partial charge in [-0.1, -0.05) is 18.2 Å². The van der Waals surface area contributed by atoms with Crippen LogP contribution in [0.1, 0.15) is 29.8 Å². The van der Waals surface area contributed by atoms with Crippen LogP contribution in [-0.2, 0) is 11.3 Å². The Kier molecular flexibility index (Phi) is 5.50. The zero-order chi connectivity index (χ0) is 17.6. The Morgan fingerprint density at radius 3 is 2.88 bits per heavy atom. The maximum atomic E-state index is 11.8.